The summed E-state index contributed by atoms with van der Waals surface area (Å²) in [5.74, 6) is 0.540. The summed E-state index contributed by atoms with van der Waals surface area (Å²) in [6, 6.07) is 19.1. The normalized spacial score (nSPS) is 10.6. The van der Waals surface area contributed by atoms with Crippen molar-refractivity contribution in [2.45, 2.75) is 19.4 Å². The maximum absolute atomic E-state index is 12.9. The number of hydrogen-bond acceptors (Lipinski definition) is 4. The minimum atomic E-state index is -0.323. The number of nitrogens with one attached hydrogen (secondary N) is 1. The van der Waals surface area contributed by atoms with Gasteiger partial charge >= 0.3 is 0 Å². The monoisotopic (exact) mass is 416 g/mol. The zero-order valence-electron chi connectivity index (χ0n) is 16.7. The molecule has 6 nitrogen and oxygen atoms in total. The SMILES string of the molecule is O=C(CCc1cnn(-c2ccccc2)c1)NCc1ccc(Oc2ccc(F)cc2)nc1. The maximum Gasteiger partial charge on any atom is 0.220 e. The topological polar surface area (TPSA) is 69.0 Å². The second kappa shape index (κ2) is 9.67. The molecule has 0 aliphatic carbocycles. The van der Waals surface area contributed by atoms with Crippen LogP contribution in [0.4, 0.5) is 4.39 Å². The van der Waals surface area contributed by atoms with Crippen LogP contribution in [0.25, 0.3) is 5.69 Å². The molecule has 4 rings (SSSR count). The van der Waals surface area contributed by atoms with Gasteiger partial charge < -0.3 is 10.1 Å². The summed E-state index contributed by atoms with van der Waals surface area (Å²) in [7, 11) is 0. The van der Waals surface area contributed by atoms with Crippen molar-refractivity contribution in [3.05, 3.63) is 102 Å². The third kappa shape index (κ3) is 5.76. The van der Waals surface area contributed by atoms with E-state index in [0.29, 0.717) is 31.0 Å². The molecule has 0 unspecified atom stereocenters. The van der Waals surface area contributed by atoms with Crippen LogP contribution in [0.15, 0.2) is 85.3 Å². The van der Waals surface area contributed by atoms with Crippen molar-refractivity contribution in [2.24, 2.45) is 0 Å². The Hall–Kier alpha value is -4.00. The Balaban J connectivity index is 1.22. The van der Waals surface area contributed by atoms with Gasteiger partial charge in [-0.15, -0.1) is 0 Å². The number of amides is 1. The third-order valence-electron chi connectivity index (χ3n) is 4.62. The van der Waals surface area contributed by atoms with E-state index in [2.05, 4.69) is 15.4 Å². The van der Waals surface area contributed by atoms with Gasteiger partial charge in [0.2, 0.25) is 11.8 Å². The zero-order valence-corrected chi connectivity index (χ0v) is 16.7. The highest BCUT2D eigenvalue weighted by atomic mass is 19.1. The third-order valence-corrected chi connectivity index (χ3v) is 4.62. The van der Waals surface area contributed by atoms with Crippen molar-refractivity contribution in [1.29, 1.82) is 0 Å². The Morgan fingerprint density at radius 1 is 0.968 bits per heavy atom. The number of nitrogens with zero attached hydrogens (tertiary/aromatic N) is 3. The molecule has 0 atom stereocenters. The smallest absolute Gasteiger partial charge is 0.220 e. The molecule has 7 heteroatoms. The number of benzene rings is 2. The second-order valence-corrected chi connectivity index (χ2v) is 6.97. The van der Waals surface area contributed by atoms with Crippen LogP contribution >= 0.6 is 0 Å². The van der Waals surface area contributed by atoms with Crippen LogP contribution < -0.4 is 10.1 Å². The summed E-state index contributed by atoms with van der Waals surface area (Å²) in [6.07, 6.45) is 6.35. The fourth-order valence-corrected chi connectivity index (χ4v) is 2.96. The average molecular weight is 416 g/mol. The molecule has 156 valence electrons. The van der Waals surface area contributed by atoms with Crippen molar-refractivity contribution >= 4 is 5.91 Å². The largest absolute Gasteiger partial charge is 0.439 e. The molecule has 0 spiro atoms. The van der Waals surface area contributed by atoms with Gasteiger partial charge in [-0.1, -0.05) is 24.3 Å². The molecule has 2 heterocycles. The highest BCUT2D eigenvalue weighted by Gasteiger charge is 2.06. The van der Waals surface area contributed by atoms with E-state index in [0.717, 1.165) is 16.8 Å². The van der Waals surface area contributed by atoms with Gasteiger partial charge in [0.05, 0.1) is 11.9 Å². The Labute approximate surface area is 179 Å². The van der Waals surface area contributed by atoms with Gasteiger partial charge in [0, 0.05) is 31.4 Å². The predicted octanol–water partition coefficient (Wildman–Crippen LogP) is 4.45. The summed E-state index contributed by atoms with van der Waals surface area (Å²) in [6.45, 7) is 0.381. The molecule has 0 fully saturated rings. The van der Waals surface area contributed by atoms with E-state index in [-0.39, 0.29) is 11.7 Å². The molecule has 0 bridgehead atoms. The van der Waals surface area contributed by atoms with E-state index < -0.39 is 0 Å². The lowest BCUT2D eigenvalue weighted by Crippen LogP contribution is -2.23. The van der Waals surface area contributed by atoms with Crippen LogP contribution in [-0.2, 0) is 17.8 Å². The number of carbonyl (C=O) groups excluding carboxylic acids is 1. The molecule has 2 aromatic carbocycles. The number of pyridine rings is 1. The van der Waals surface area contributed by atoms with E-state index in [4.69, 9.17) is 4.74 Å². The van der Waals surface area contributed by atoms with Crippen molar-refractivity contribution in [2.75, 3.05) is 0 Å². The lowest BCUT2D eigenvalue weighted by atomic mass is 10.2. The maximum atomic E-state index is 12.9. The van der Waals surface area contributed by atoms with Crippen molar-refractivity contribution in [3.8, 4) is 17.3 Å². The number of rotatable bonds is 8. The van der Waals surface area contributed by atoms with Crippen LogP contribution in [0, 0.1) is 5.82 Å². The van der Waals surface area contributed by atoms with Crippen molar-refractivity contribution in [1.82, 2.24) is 20.1 Å². The number of ether oxygens (including phenoxy) is 1. The van der Waals surface area contributed by atoms with E-state index >= 15 is 0 Å². The van der Waals surface area contributed by atoms with Gasteiger partial charge in [-0.25, -0.2) is 14.1 Å². The number of hydrogen-bond donors (Lipinski definition) is 1. The molecule has 0 aliphatic rings. The van der Waals surface area contributed by atoms with Crippen LogP contribution in [0.1, 0.15) is 17.5 Å². The molecule has 4 aromatic rings. The summed E-state index contributed by atoms with van der Waals surface area (Å²) in [4.78, 5) is 16.4. The molecule has 31 heavy (non-hydrogen) atoms. The quantitative estimate of drug-likeness (QED) is 0.461. The molecular formula is C24H21FN4O2. The first kappa shape index (κ1) is 20.3. The molecule has 0 radical (unpaired) electrons. The predicted molar refractivity (Wildman–Crippen MR) is 114 cm³/mol. The van der Waals surface area contributed by atoms with Gasteiger partial charge in [-0.2, -0.15) is 5.10 Å². The fraction of sp³-hybridized carbons (Fsp3) is 0.125. The first-order chi connectivity index (χ1) is 15.2. The van der Waals surface area contributed by atoms with Crippen molar-refractivity contribution < 1.29 is 13.9 Å². The molecule has 0 saturated carbocycles. The molecule has 0 aliphatic heterocycles. The number of carbonyl (C=O) groups is 1. The van der Waals surface area contributed by atoms with E-state index in [9.17, 15) is 9.18 Å². The second-order valence-electron chi connectivity index (χ2n) is 6.97. The van der Waals surface area contributed by atoms with Crippen LogP contribution in [-0.4, -0.2) is 20.7 Å². The van der Waals surface area contributed by atoms with E-state index in [1.165, 1.54) is 24.3 Å². The molecule has 1 N–H and O–H groups in total. The molecule has 2 aromatic heterocycles. The standard InChI is InChI=1S/C24H21FN4O2/c25-20-8-10-22(11-9-20)31-24-13-7-18(15-27-24)14-26-23(30)12-6-19-16-28-29(17-19)21-4-2-1-3-5-21/h1-5,7-11,13,15-17H,6,12,14H2,(H,26,30). The highest BCUT2D eigenvalue weighted by Crippen LogP contribution is 2.19. The number of halogens is 1. The van der Waals surface area contributed by atoms with Gasteiger partial charge in [-0.3, -0.25) is 4.79 Å². The van der Waals surface area contributed by atoms with Gasteiger partial charge in [0.25, 0.3) is 0 Å². The van der Waals surface area contributed by atoms with Crippen molar-refractivity contribution in [3.63, 3.8) is 0 Å². The summed E-state index contributed by atoms with van der Waals surface area (Å²) in [5.41, 5.74) is 2.84. The number of aromatic nitrogens is 3. The Bertz CT molecular complexity index is 1130. The van der Waals surface area contributed by atoms with Gasteiger partial charge in [0.1, 0.15) is 11.6 Å². The molecule has 0 saturated heterocycles. The first-order valence-electron chi connectivity index (χ1n) is 9.90. The highest BCUT2D eigenvalue weighted by molar-refractivity contribution is 5.76. The minimum Gasteiger partial charge on any atom is -0.439 e. The minimum absolute atomic E-state index is 0.0425. The summed E-state index contributed by atoms with van der Waals surface area (Å²) >= 11 is 0. The fourth-order valence-electron chi connectivity index (χ4n) is 2.96. The lowest BCUT2D eigenvalue weighted by Gasteiger charge is -2.07. The van der Waals surface area contributed by atoms with Gasteiger partial charge in [-0.05, 0) is 53.9 Å². The Morgan fingerprint density at radius 3 is 2.52 bits per heavy atom. The Kier molecular flexibility index (Phi) is 6.32. The number of para-hydroxylation sites is 1. The van der Waals surface area contributed by atoms with Gasteiger partial charge in [0.15, 0.2) is 0 Å². The van der Waals surface area contributed by atoms with E-state index in [1.807, 2.05) is 42.6 Å². The summed E-state index contributed by atoms with van der Waals surface area (Å²) < 4.78 is 20.3. The lowest BCUT2D eigenvalue weighted by molar-refractivity contribution is -0.121. The van der Waals surface area contributed by atoms with Crippen LogP contribution in [0.5, 0.6) is 11.6 Å². The molecule has 1 amide bonds. The van der Waals surface area contributed by atoms with Crippen LogP contribution in [0.2, 0.25) is 0 Å². The van der Waals surface area contributed by atoms with E-state index in [1.54, 1.807) is 23.1 Å². The summed E-state index contributed by atoms with van der Waals surface area (Å²) in [5, 5.41) is 7.24. The average Bonchev–Trinajstić information content (AvgIpc) is 3.28. The molecular weight excluding hydrogens is 395 g/mol. The zero-order chi connectivity index (χ0) is 21.5. The first-order valence-corrected chi connectivity index (χ1v) is 9.90. The number of aryl methyl sites for hydroxylation is 1. The Morgan fingerprint density at radius 2 is 1.77 bits per heavy atom. The van der Waals surface area contributed by atoms with Crippen LogP contribution in [0.3, 0.4) is 0 Å².